The van der Waals surface area contributed by atoms with Crippen molar-refractivity contribution in [1.82, 2.24) is 0 Å². The number of rotatable bonds is 3. The number of allylic oxidation sites excluding steroid dienone is 1. The fourth-order valence-corrected chi connectivity index (χ4v) is 2.69. The summed E-state index contributed by atoms with van der Waals surface area (Å²) in [5.74, 6) is -1.03. The molecule has 0 spiro atoms. The summed E-state index contributed by atoms with van der Waals surface area (Å²) in [6, 6.07) is 3.16. The fraction of sp³-hybridized carbons (Fsp3) is 0.412. The van der Waals surface area contributed by atoms with Crippen molar-refractivity contribution in [3.63, 3.8) is 0 Å². The fourth-order valence-electron chi connectivity index (χ4n) is 2.69. The first-order chi connectivity index (χ1) is 8.67. The molecular weight excluding hydrogens is 398 g/mol. The molecule has 0 bridgehead atoms. The van der Waals surface area contributed by atoms with E-state index in [1.165, 1.54) is 13.2 Å². The molecule has 2 radical (unpaired) electrons. The number of hydrogen-bond donors (Lipinski definition) is 0. The minimum absolute atomic E-state index is 0. The van der Waals surface area contributed by atoms with Gasteiger partial charge in [-0.1, -0.05) is 12.1 Å². The zero-order chi connectivity index (χ0) is 13.1. The summed E-state index contributed by atoms with van der Waals surface area (Å²) in [5.41, 5.74) is 0.482. The SMILES string of the molecule is C=CC1CCC(c2ccc(OC)c(F)c2F)CC1.[CH3-].[CH3-].[V+2].[Y]. The average Bonchev–Trinajstić information content (AvgIpc) is 2.42. The number of ether oxygens (including phenoxy) is 1. The smallest absolute Gasteiger partial charge is 0.494 e. The molecule has 1 aliphatic rings. The Bertz CT molecular complexity index is 447. The Morgan fingerprint density at radius 2 is 1.64 bits per heavy atom. The van der Waals surface area contributed by atoms with Gasteiger partial charge in [-0.3, -0.25) is 0 Å². The van der Waals surface area contributed by atoms with Gasteiger partial charge in [-0.25, -0.2) is 4.39 Å². The van der Waals surface area contributed by atoms with Crippen molar-refractivity contribution in [2.24, 2.45) is 5.92 Å². The second-order valence-electron chi connectivity index (χ2n) is 4.83. The Morgan fingerprint density at radius 1 is 1.09 bits per heavy atom. The maximum Gasteiger partial charge on any atom is 2.00 e. The molecule has 2 rings (SSSR count). The van der Waals surface area contributed by atoms with Crippen LogP contribution in [0.3, 0.4) is 0 Å². The van der Waals surface area contributed by atoms with Gasteiger partial charge >= 0.3 is 18.6 Å². The molecule has 1 saturated carbocycles. The zero-order valence-corrected chi connectivity index (χ0v) is 17.8. The van der Waals surface area contributed by atoms with Gasteiger partial charge in [0, 0.05) is 32.7 Å². The molecule has 1 aromatic carbocycles. The third kappa shape index (κ3) is 6.07. The van der Waals surface area contributed by atoms with Gasteiger partial charge in [0.1, 0.15) is 0 Å². The van der Waals surface area contributed by atoms with E-state index in [0.717, 1.165) is 25.7 Å². The van der Waals surface area contributed by atoms with Crippen molar-refractivity contribution in [3.8, 4) is 5.75 Å². The third-order valence-corrected chi connectivity index (χ3v) is 3.84. The van der Waals surface area contributed by atoms with Gasteiger partial charge in [0.15, 0.2) is 11.6 Å². The summed E-state index contributed by atoms with van der Waals surface area (Å²) >= 11 is 0. The second-order valence-corrected chi connectivity index (χ2v) is 4.83. The normalized spacial score (nSPS) is 19.4. The molecule has 0 atom stereocenters. The van der Waals surface area contributed by atoms with Gasteiger partial charge in [0.05, 0.1) is 7.11 Å². The number of hydrogen-bond acceptors (Lipinski definition) is 1. The molecule has 0 aromatic heterocycles. The molecule has 0 aliphatic heterocycles. The number of benzene rings is 1. The van der Waals surface area contributed by atoms with Crippen LogP contribution in [0.4, 0.5) is 8.78 Å². The van der Waals surface area contributed by atoms with Gasteiger partial charge in [0.2, 0.25) is 5.82 Å². The Morgan fingerprint density at radius 3 is 2.09 bits per heavy atom. The predicted molar refractivity (Wildman–Crippen MR) is 80.6 cm³/mol. The van der Waals surface area contributed by atoms with Crippen molar-refractivity contribution in [1.29, 1.82) is 0 Å². The Kier molecular flexibility index (Phi) is 15.7. The average molecular weight is 422 g/mol. The van der Waals surface area contributed by atoms with Crippen molar-refractivity contribution < 1.29 is 64.8 Å². The quantitative estimate of drug-likeness (QED) is 0.473. The molecule has 1 aliphatic carbocycles. The Labute approximate surface area is 171 Å². The first-order valence-electron chi connectivity index (χ1n) is 6.31. The van der Waals surface area contributed by atoms with E-state index < -0.39 is 11.6 Å². The van der Waals surface area contributed by atoms with Crippen LogP contribution < -0.4 is 4.74 Å². The molecule has 1 aromatic rings. The van der Waals surface area contributed by atoms with Gasteiger partial charge < -0.3 is 19.6 Å². The van der Waals surface area contributed by atoms with E-state index in [1.54, 1.807) is 6.07 Å². The molecule has 22 heavy (non-hydrogen) atoms. The van der Waals surface area contributed by atoms with Crippen LogP contribution in [0.5, 0.6) is 5.75 Å². The molecule has 0 amide bonds. The van der Waals surface area contributed by atoms with Crippen LogP contribution in [0.25, 0.3) is 0 Å². The van der Waals surface area contributed by atoms with Crippen molar-refractivity contribution in [2.45, 2.75) is 31.6 Å². The zero-order valence-electron chi connectivity index (χ0n) is 13.6. The van der Waals surface area contributed by atoms with Crippen LogP contribution in [-0.4, -0.2) is 7.11 Å². The topological polar surface area (TPSA) is 9.23 Å². The van der Waals surface area contributed by atoms with Gasteiger partial charge in [-0.2, -0.15) is 4.39 Å². The van der Waals surface area contributed by atoms with E-state index in [-0.39, 0.29) is 77.8 Å². The van der Waals surface area contributed by atoms with Crippen molar-refractivity contribution >= 4 is 0 Å². The third-order valence-electron chi connectivity index (χ3n) is 3.84. The standard InChI is InChI=1S/C15H18F2O.2CH3.V.Y/c1-3-10-4-6-11(7-5-10)12-8-9-13(18-2)15(17)14(12)16;;;;/h3,8-11H,1,4-7H2,2H3;2*1H3;;/q;2*-1;+2;. The van der Waals surface area contributed by atoms with Gasteiger partial charge in [-0.05, 0) is 49.1 Å². The largest absolute Gasteiger partial charge is 2.00 e. The van der Waals surface area contributed by atoms with Crippen LogP contribution in [0.2, 0.25) is 0 Å². The van der Waals surface area contributed by atoms with Crippen LogP contribution in [0, 0.1) is 32.4 Å². The maximum absolute atomic E-state index is 13.9. The summed E-state index contributed by atoms with van der Waals surface area (Å²) in [6.07, 6.45) is 5.74. The molecule has 5 heteroatoms. The summed E-state index contributed by atoms with van der Waals surface area (Å²) in [6.45, 7) is 3.79. The van der Waals surface area contributed by atoms with E-state index >= 15 is 0 Å². The molecule has 0 saturated heterocycles. The van der Waals surface area contributed by atoms with E-state index in [0.29, 0.717) is 11.5 Å². The van der Waals surface area contributed by atoms with Crippen molar-refractivity contribution in [2.75, 3.05) is 7.11 Å². The molecule has 0 unspecified atom stereocenters. The Hall–Kier alpha value is 0.308. The molecule has 1 nitrogen and oxygen atoms in total. The second kappa shape index (κ2) is 12.7. The minimum Gasteiger partial charge on any atom is -0.494 e. The van der Waals surface area contributed by atoms with E-state index in [9.17, 15) is 8.78 Å². The molecule has 0 heterocycles. The van der Waals surface area contributed by atoms with Crippen LogP contribution in [0.15, 0.2) is 24.8 Å². The first kappa shape index (κ1) is 27.2. The summed E-state index contributed by atoms with van der Waals surface area (Å²) < 4.78 is 32.4. The maximum atomic E-state index is 13.9. The summed E-state index contributed by atoms with van der Waals surface area (Å²) in [5, 5.41) is 0. The first-order valence-corrected chi connectivity index (χ1v) is 6.31. The molecule has 0 N–H and O–H groups in total. The molecular formula is C17H24F2OVY. The van der Waals surface area contributed by atoms with Crippen LogP contribution in [0.1, 0.15) is 37.2 Å². The van der Waals surface area contributed by atoms with E-state index in [2.05, 4.69) is 6.58 Å². The molecule has 1 fully saturated rings. The van der Waals surface area contributed by atoms with Crippen molar-refractivity contribution in [3.05, 3.63) is 56.8 Å². The Balaban J connectivity index is -0.000000902. The molecule has 120 valence electrons. The van der Waals surface area contributed by atoms with Crippen LogP contribution >= 0.6 is 0 Å². The number of methoxy groups -OCH3 is 1. The van der Waals surface area contributed by atoms with E-state index in [1.807, 2.05) is 6.08 Å². The summed E-state index contributed by atoms with van der Waals surface area (Å²) in [4.78, 5) is 0. The minimum atomic E-state index is -0.874. The monoisotopic (exact) mass is 422 g/mol. The van der Waals surface area contributed by atoms with Gasteiger partial charge in [0.25, 0.3) is 0 Å². The van der Waals surface area contributed by atoms with Crippen LogP contribution in [-0.2, 0) is 51.3 Å². The predicted octanol–water partition coefficient (Wildman–Crippen LogP) is 5.33. The number of halogens is 2. The summed E-state index contributed by atoms with van der Waals surface area (Å²) in [7, 11) is 1.34. The van der Waals surface area contributed by atoms with Gasteiger partial charge in [-0.15, -0.1) is 6.58 Å². The van der Waals surface area contributed by atoms with E-state index in [4.69, 9.17) is 4.74 Å².